The lowest BCUT2D eigenvalue weighted by Crippen LogP contribution is -2.22. The molecule has 0 atom stereocenters. The summed E-state index contributed by atoms with van der Waals surface area (Å²) < 4.78 is 19.3. The second-order valence-electron chi connectivity index (χ2n) is 5.09. The molecule has 3 nitrogen and oxygen atoms in total. The first-order valence-electron chi connectivity index (χ1n) is 6.67. The Morgan fingerprint density at radius 1 is 1.40 bits per heavy atom. The number of benzene rings is 1. The van der Waals surface area contributed by atoms with Crippen LogP contribution < -0.4 is 5.32 Å². The molecule has 0 spiro atoms. The van der Waals surface area contributed by atoms with Gasteiger partial charge in [0.15, 0.2) is 11.7 Å². The van der Waals surface area contributed by atoms with Gasteiger partial charge in [-0.3, -0.25) is 0 Å². The molecule has 0 aliphatic rings. The normalized spacial score (nSPS) is 11.2. The van der Waals surface area contributed by atoms with E-state index in [-0.39, 0.29) is 0 Å². The highest BCUT2D eigenvalue weighted by Gasteiger charge is 2.11. The predicted octanol–water partition coefficient (Wildman–Crippen LogP) is 3.92. The molecule has 20 heavy (non-hydrogen) atoms. The summed E-state index contributed by atoms with van der Waals surface area (Å²) in [5.74, 6) is 1.24. The van der Waals surface area contributed by atoms with Crippen LogP contribution in [-0.2, 0) is 6.42 Å². The van der Waals surface area contributed by atoms with Gasteiger partial charge in [0.1, 0.15) is 5.82 Å². The van der Waals surface area contributed by atoms with Crippen molar-refractivity contribution >= 4 is 11.6 Å². The summed E-state index contributed by atoms with van der Waals surface area (Å²) in [6, 6.07) is 4.49. The zero-order valence-electron chi connectivity index (χ0n) is 11.6. The quantitative estimate of drug-likeness (QED) is 0.821. The highest BCUT2D eigenvalue weighted by molar-refractivity contribution is 6.30. The Hall–Kier alpha value is -1.39. The van der Waals surface area contributed by atoms with Gasteiger partial charge in [0.2, 0.25) is 0 Å². The number of hydrogen-bond acceptors (Lipinski definition) is 3. The van der Waals surface area contributed by atoms with Crippen molar-refractivity contribution in [3.05, 3.63) is 41.1 Å². The molecule has 5 heteroatoms. The van der Waals surface area contributed by atoms with Crippen molar-refractivity contribution in [2.75, 3.05) is 13.1 Å². The van der Waals surface area contributed by atoms with E-state index in [0.29, 0.717) is 34.6 Å². The predicted molar refractivity (Wildman–Crippen MR) is 78.3 cm³/mol. The number of halogens is 2. The smallest absolute Gasteiger partial charge is 0.196 e. The van der Waals surface area contributed by atoms with E-state index in [9.17, 15) is 4.39 Å². The van der Waals surface area contributed by atoms with Gasteiger partial charge in [-0.1, -0.05) is 25.4 Å². The van der Waals surface area contributed by atoms with Gasteiger partial charge < -0.3 is 9.73 Å². The van der Waals surface area contributed by atoms with Crippen LogP contribution in [0.2, 0.25) is 5.02 Å². The molecule has 1 heterocycles. The Morgan fingerprint density at radius 3 is 2.90 bits per heavy atom. The maximum atomic E-state index is 13.8. The Bertz CT molecular complexity index is 569. The van der Waals surface area contributed by atoms with Gasteiger partial charge in [-0.25, -0.2) is 9.37 Å². The lowest BCUT2D eigenvalue weighted by molar-refractivity contribution is 0.480. The zero-order chi connectivity index (χ0) is 14.5. The molecular formula is C15H18ClFN2O. The molecule has 1 aromatic heterocycles. The molecule has 0 fully saturated rings. The SMILES string of the molecule is CC(C)CNCCc1ncc(-c2ccc(Cl)cc2F)o1. The molecule has 0 unspecified atom stereocenters. The number of hydrogen-bond donors (Lipinski definition) is 1. The summed E-state index contributed by atoms with van der Waals surface area (Å²) in [4.78, 5) is 4.17. The fraction of sp³-hybridized carbons (Fsp3) is 0.400. The summed E-state index contributed by atoms with van der Waals surface area (Å²) in [5, 5.41) is 3.67. The number of nitrogens with zero attached hydrogens (tertiary/aromatic N) is 1. The van der Waals surface area contributed by atoms with E-state index in [2.05, 4.69) is 24.1 Å². The number of rotatable bonds is 6. The molecule has 0 saturated carbocycles. The van der Waals surface area contributed by atoms with Crippen molar-refractivity contribution < 1.29 is 8.81 Å². The molecule has 2 aromatic rings. The van der Waals surface area contributed by atoms with Crippen molar-refractivity contribution in [2.45, 2.75) is 20.3 Å². The molecule has 1 aromatic carbocycles. The Morgan fingerprint density at radius 2 is 2.20 bits per heavy atom. The molecule has 0 aliphatic heterocycles. The van der Waals surface area contributed by atoms with Gasteiger partial charge in [0.25, 0.3) is 0 Å². The van der Waals surface area contributed by atoms with Crippen LogP contribution in [0.1, 0.15) is 19.7 Å². The average molecular weight is 297 g/mol. The van der Waals surface area contributed by atoms with E-state index < -0.39 is 5.82 Å². The van der Waals surface area contributed by atoms with Crippen LogP contribution in [0.15, 0.2) is 28.8 Å². The van der Waals surface area contributed by atoms with Crippen LogP contribution in [0.4, 0.5) is 4.39 Å². The van der Waals surface area contributed by atoms with Gasteiger partial charge in [-0.05, 0) is 30.7 Å². The molecule has 0 saturated heterocycles. The van der Waals surface area contributed by atoms with Gasteiger partial charge in [0.05, 0.1) is 11.8 Å². The summed E-state index contributed by atoms with van der Waals surface area (Å²) in [7, 11) is 0. The lowest BCUT2D eigenvalue weighted by Gasteiger charge is -2.05. The largest absolute Gasteiger partial charge is 0.441 e. The van der Waals surface area contributed by atoms with Crippen molar-refractivity contribution in [1.82, 2.24) is 10.3 Å². The number of oxazole rings is 1. The van der Waals surface area contributed by atoms with Crippen LogP contribution in [0.25, 0.3) is 11.3 Å². The van der Waals surface area contributed by atoms with E-state index in [0.717, 1.165) is 13.1 Å². The minimum atomic E-state index is -0.405. The standard InChI is InChI=1S/C15H18ClFN2O/c1-10(2)8-18-6-5-15-19-9-14(20-15)12-4-3-11(16)7-13(12)17/h3-4,7,9-10,18H,5-6,8H2,1-2H3. The molecular weight excluding hydrogens is 279 g/mol. The summed E-state index contributed by atoms with van der Waals surface area (Å²) in [6.07, 6.45) is 2.23. The van der Waals surface area contributed by atoms with Crippen LogP contribution in [0.5, 0.6) is 0 Å². The summed E-state index contributed by atoms with van der Waals surface area (Å²) in [6.45, 7) is 6.06. The number of nitrogens with one attached hydrogen (secondary N) is 1. The fourth-order valence-electron chi connectivity index (χ4n) is 1.83. The van der Waals surface area contributed by atoms with Crippen LogP contribution in [-0.4, -0.2) is 18.1 Å². The maximum absolute atomic E-state index is 13.8. The van der Waals surface area contributed by atoms with Gasteiger partial charge in [-0.15, -0.1) is 0 Å². The number of aromatic nitrogens is 1. The average Bonchev–Trinajstić information content (AvgIpc) is 2.83. The van der Waals surface area contributed by atoms with Crippen LogP contribution in [0, 0.1) is 11.7 Å². The first-order chi connectivity index (χ1) is 9.56. The van der Waals surface area contributed by atoms with Crippen LogP contribution in [0.3, 0.4) is 0 Å². The highest BCUT2D eigenvalue weighted by Crippen LogP contribution is 2.25. The first-order valence-corrected chi connectivity index (χ1v) is 7.05. The molecule has 0 radical (unpaired) electrons. The third-order valence-corrected chi connectivity index (χ3v) is 3.05. The molecule has 2 rings (SSSR count). The molecule has 1 N–H and O–H groups in total. The molecule has 0 bridgehead atoms. The van der Waals surface area contributed by atoms with Crippen molar-refractivity contribution in [2.24, 2.45) is 5.92 Å². The third kappa shape index (κ3) is 4.05. The Balaban J connectivity index is 1.98. The maximum Gasteiger partial charge on any atom is 0.196 e. The molecule has 0 aliphatic carbocycles. The minimum Gasteiger partial charge on any atom is -0.441 e. The second-order valence-corrected chi connectivity index (χ2v) is 5.53. The second kappa shape index (κ2) is 6.86. The lowest BCUT2D eigenvalue weighted by atomic mass is 10.2. The van der Waals surface area contributed by atoms with E-state index >= 15 is 0 Å². The minimum absolute atomic E-state index is 0.365. The monoisotopic (exact) mass is 296 g/mol. The van der Waals surface area contributed by atoms with E-state index in [1.165, 1.54) is 6.07 Å². The zero-order valence-corrected chi connectivity index (χ0v) is 12.4. The molecule has 108 valence electrons. The molecule has 0 amide bonds. The van der Waals surface area contributed by atoms with E-state index in [4.69, 9.17) is 16.0 Å². The third-order valence-electron chi connectivity index (χ3n) is 2.82. The summed E-state index contributed by atoms with van der Waals surface area (Å²) in [5.41, 5.74) is 0.378. The van der Waals surface area contributed by atoms with Gasteiger partial charge in [0, 0.05) is 18.0 Å². The fourth-order valence-corrected chi connectivity index (χ4v) is 1.98. The van der Waals surface area contributed by atoms with Crippen LogP contribution >= 0.6 is 11.6 Å². The van der Waals surface area contributed by atoms with E-state index in [1.807, 2.05) is 0 Å². The van der Waals surface area contributed by atoms with Crippen molar-refractivity contribution in [3.63, 3.8) is 0 Å². The van der Waals surface area contributed by atoms with Crippen molar-refractivity contribution in [1.29, 1.82) is 0 Å². The van der Waals surface area contributed by atoms with Gasteiger partial charge in [-0.2, -0.15) is 0 Å². The van der Waals surface area contributed by atoms with E-state index in [1.54, 1.807) is 18.3 Å². The Kier molecular flexibility index (Phi) is 5.15. The van der Waals surface area contributed by atoms with Gasteiger partial charge >= 0.3 is 0 Å². The topological polar surface area (TPSA) is 38.1 Å². The summed E-state index contributed by atoms with van der Waals surface area (Å²) >= 11 is 5.73. The Labute approximate surface area is 123 Å². The highest BCUT2D eigenvalue weighted by atomic mass is 35.5. The first kappa shape index (κ1) is 15.0. The van der Waals surface area contributed by atoms with Crippen molar-refractivity contribution in [3.8, 4) is 11.3 Å².